The lowest BCUT2D eigenvalue weighted by molar-refractivity contribution is 0.107. The minimum atomic E-state index is 0. The second-order valence-electron chi connectivity index (χ2n) is 5.91. The molecule has 27 heavy (non-hydrogen) atoms. The van der Waals surface area contributed by atoms with E-state index in [0.29, 0.717) is 26.4 Å². The molecule has 0 atom stereocenters. The van der Waals surface area contributed by atoms with Crippen LogP contribution in [0.25, 0.3) is 0 Å². The SMILES string of the molecule is CCNC(=NCc1ccc(COCc2ccccc2)cc1)NCCOC.I. The van der Waals surface area contributed by atoms with Gasteiger partial charge in [0.2, 0.25) is 0 Å². The van der Waals surface area contributed by atoms with Gasteiger partial charge in [-0.2, -0.15) is 0 Å². The second-order valence-corrected chi connectivity index (χ2v) is 5.91. The van der Waals surface area contributed by atoms with E-state index in [0.717, 1.165) is 19.0 Å². The Morgan fingerprint density at radius 2 is 1.52 bits per heavy atom. The molecule has 0 saturated carbocycles. The number of hydrogen-bond acceptors (Lipinski definition) is 3. The number of ether oxygens (including phenoxy) is 2. The molecule has 0 aromatic heterocycles. The first-order chi connectivity index (χ1) is 12.8. The number of rotatable bonds is 10. The van der Waals surface area contributed by atoms with Gasteiger partial charge in [0, 0.05) is 20.2 Å². The Balaban J connectivity index is 0.00000364. The predicted octanol–water partition coefficient (Wildman–Crippen LogP) is 3.72. The van der Waals surface area contributed by atoms with Gasteiger partial charge in [-0.1, -0.05) is 54.6 Å². The molecular formula is C21H30IN3O2. The third kappa shape index (κ3) is 9.74. The summed E-state index contributed by atoms with van der Waals surface area (Å²) in [7, 11) is 1.69. The Morgan fingerprint density at radius 1 is 0.889 bits per heavy atom. The lowest BCUT2D eigenvalue weighted by Gasteiger charge is -2.11. The number of aliphatic imine (C=N–C) groups is 1. The van der Waals surface area contributed by atoms with Gasteiger partial charge in [0.25, 0.3) is 0 Å². The summed E-state index contributed by atoms with van der Waals surface area (Å²) in [5, 5.41) is 6.47. The van der Waals surface area contributed by atoms with Crippen LogP contribution in [0.3, 0.4) is 0 Å². The van der Waals surface area contributed by atoms with Crippen molar-refractivity contribution in [3.63, 3.8) is 0 Å². The standard InChI is InChI=1S/C21H29N3O2.HI/c1-3-22-21(23-13-14-25-2)24-15-18-9-11-20(12-10-18)17-26-16-19-7-5-4-6-8-19;/h4-12H,3,13-17H2,1-2H3,(H2,22,23,24);1H. The lowest BCUT2D eigenvalue weighted by Crippen LogP contribution is -2.38. The molecule has 0 saturated heterocycles. The van der Waals surface area contributed by atoms with E-state index in [2.05, 4.69) is 58.9 Å². The maximum absolute atomic E-state index is 5.77. The van der Waals surface area contributed by atoms with Crippen molar-refractivity contribution in [2.75, 3.05) is 26.8 Å². The normalized spacial score (nSPS) is 11.0. The lowest BCUT2D eigenvalue weighted by atomic mass is 10.1. The molecule has 0 bridgehead atoms. The number of halogens is 1. The van der Waals surface area contributed by atoms with Gasteiger partial charge in [-0.25, -0.2) is 4.99 Å². The summed E-state index contributed by atoms with van der Waals surface area (Å²) in [6.45, 7) is 6.15. The van der Waals surface area contributed by atoms with E-state index < -0.39 is 0 Å². The van der Waals surface area contributed by atoms with Gasteiger partial charge in [0.05, 0.1) is 26.4 Å². The quantitative estimate of drug-likeness (QED) is 0.234. The van der Waals surface area contributed by atoms with Crippen LogP contribution in [-0.4, -0.2) is 32.8 Å². The fourth-order valence-electron chi connectivity index (χ4n) is 2.39. The van der Waals surface area contributed by atoms with Gasteiger partial charge >= 0.3 is 0 Å². The third-order valence-corrected chi connectivity index (χ3v) is 3.77. The van der Waals surface area contributed by atoms with Crippen molar-refractivity contribution in [3.8, 4) is 0 Å². The molecule has 0 spiro atoms. The predicted molar refractivity (Wildman–Crippen MR) is 121 cm³/mol. The van der Waals surface area contributed by atoms with Crippen molar-refractivity contribution in [3.05, 3.63) is 71.3 Å². The van der Waals surface area contributed by atoms with Crippen molar-refractivity contribution >= 4 is 29.9 Å². The largest absolute Gasteiger partial charge is 0.383 e. The molecule has 2 rings (SSSR count). The van der Waals surface area contributed by atoms with E-state index in [-0.39, 0.29) is 24.0 Å². The molecule has 5 nitrogen and oxygen atoms in total. The highest BCUT2D eigenvalue weighted by molar-refractivity contribution is 14.0. The number of benzene rings is 2. The fourth-order valence-corrected chi connectivity index (χ4v) is 2.39. The summed E-state index contributed by atoms with van der Waals surface area (Å²) in [5.41, 5.74) is 3.52. The van der Waals surface area contributed by atoms with Crippen molar-refractivity contribution in [2.45, 2.75) is 26.7 Å². The molecule has 0 aliphatic heterocycles. The first-order valence-corrected chi connectivity index (χ1v) is 9.02. The molecule has 0 radical (unpaired) electrons. The topological polar surface area (TPSA) is 54.9 Å². The van der Waals surface area contributed by atoms with Crippen LogP contribution in [0.5, 0.6) is 0 Å². The second kappa shape index (κ2) is 14.4. The average molecular weight is 483 g/mol. The van der Waals surface area contributed by atoms with Gasteiger partial charge in [-0.3, -0.25) is 0 Å². The Labute approximate surface area is 179 Å². The van der Waals surface area contributed by atoms with Crippen LogP contribution < -0.4 is 10.6 Å². The van der Waals surface area contributed by atoms with Gasteiger partial charge in [-0.15, -0.1) is 24.0 Å². The number of nitrogens with one attached hydrogen (secondary N) is 2. The molecule has 148 valence electrons. The van der Waals surface area contributed by atoms with Gasteiger partial charge in [0.15, 0.2) is 5.96 Å². The van der Waals surface area contributed by atoms with Crippen LogP contribution in [0.1, 0.15) is 23.6 Å². The number of guanidine groups is 1. The van der Waals surface area contributed by atoms with Crippen LogP contribution in [-0.2, 0) is 29.2 Å². The first-order valence-electron chi connectivity index (χ1n) is 9.02. The summed E-state index contributed by atoms with van der Waals surface area (Å²) in [5.74, 6) is 0.805. The molecule has 0 aliphatic carbocycles. The highest BCUT2D eigenvalue weighted by Gasteiger charge is 1.99. The highest BCUT2D eigenvalue weighted by atomic mass is 127. The molecule has 0 amide bonds. The molecule has 0 unspecified atom stereocenters. The van der Waals surface area contributed by atoms with Gasteiger partial charge in [-0.05, 0) is 23.6 Å². The fraction of sp³-hybridized carbons (Fsp3) is 0.381. The minimum absolute atomic E-state index is 0. The number of hydrogen-bond donors (Lipinski definition) is 2. The monoisotopic (exact) mass is 483 g/mol. The average Bonchev–Trinajstić information content (AvgIpc) is 2.68. The van der Waals surface area contributed by atoms with Crippen molar-refractivity contribution < 1.29 is 9.47 Å². The Hall–Kier alpha value is -1.64. The van der Waals surface area contributed by atoms with Crippen molar-refractivity contribution in [2.24, 2.45) is 4.99 Å². The Bertz CT molecular complexity index is 648. The molecule has 2 N–H and O–H groups in total. The molecule has 6 heteroatoms. The van der Waals surface area contributed by atoms with Crippen LogP contribution in [0.4, 0.5) is 0 Å². The summed E-state index contributed by atoms with van der Waals surface area (Å²) in [6, 6.07) is 18.6. The first kappa shape index (κ1) is 23.4. The maximum atomic E-state index is 5.77. The van der Waals surface area contributed by atoms with E-state index in [1.165, 1.54) is 16.7 Å². The minimum Gasteiger partial charge on any atom is -0.383 e. The highest BCUT2D eigenvalue weighted by Crippen LogP contribution is 2.09. The molecule has 0 aliphatic rings. The van der Waals surface area contributed by atoms with Crippen LogP contribution in [0.2, 0.25) is 0 Å². The van der Waals surface area contributed by atoms with Crippen LogP contribution in [0, 0.1) is 0 Å². The van der Waals surface area contributed by atoms with E-state index in [1.807, 2.05) is 18.2 Å². The Morgan fingerprint density at radius 3 is 2.15 bits per heavy atom. The summed E-state index contributed by atoms with van der Waals surface area (Å²) in [6.07, 6.45) is 0. The van der Waals surface area contributed by atoms with E-state index in [1.54, 1.807) is 7.11 Å². The smallest absolute Gasteiger partial charge is 0.191 e. The van der Waals surface area contributed by atoms with Crippen LogP contribution >= 0.6 is 24.0 Å². The summed E-state index contributed by atoms with van der Waals surface area (Å²) in [4.78, 5) is 4.59. The summed E-state index contributed by atoms with van der Waals surface area (Å²) < 4.78 is 10.8. The zero-order valence-corrected chi connectivity index (χ0v) is 18.4. The van der Waals surface area contributed by atoms with E-state index in [9.17, 15) is 0 Å². The zero-order valence-electron chi connectivity index (χ0n) is 16.1. The Kier molecular flexibility index (Phi) is 12.5. The maximum Gasteiger partial charge on any atom is 0.191 e. The van der Waals surface area contributed by atoms with E-state index >= 15 is 0 Å². The number of methoxy groups -OCH3 is 1. The molecule has 2 aromatic rings. The summed E-state index contributed by atoms with van der Waals surface area (Å²) >= 11 is 0. The van der Waals surface area contributed by atoms with Crippen LogP contribution in [0.15, 0.2) is 59.6 Å². The van der Waals surface area contributed by atoms with Crippen molar-refractivity contribution in [1.29, 1.82) is 0 Å². The zero-order chi connectivity index (χ0) is 18.5. The third-order valence-electron chi connectivity index (χ3n) is 3.77. The van der Waals surface area contributed by atoms with Gasteiger partial charge < -0.3 is 20.1 Å². The molecule has 2 aromatic carbocycles. The number of nitrogens with zero attached hydrogens (tertiary/aromatic N) is 1. The van der Waals surface area contributed by atoms with Crippen molar-refractivity contribution in [1.82, 2.24) is 10.6 Å². The molecule has 0 heterocycles. The van der Waals surface area contributed by atoms with E-state index in [4.69, 9.17) is 9.47 Å². The molecular weight excluding hydrogens is 453 g/mol. The van der Waals surface area contributed by atoms with Gasteiger partial charge in [0.1, 0.15) is 0 Å². The molecule has 0 fully saturated rings.